The van der Waals surface area contributed by atoms with Gasteiger partial charge in [0.25, 0.3) is 0 Å². The van der Waals surface area contributed by atoms with Gasteiger partial charge in [0.05, 0.1) is 24.1 Å². The number of ether oxygens (including phenoxy) is 1. The molecule has 2 aromatic carbocycles. The second-order valence-electron chi connectivity index (χ2n) is 8.56. The third-order valence-electron chi connectivity index (χ3n) is 4.84. The van der Waals surface area contributed by atoms with Crippen molar-refractivity contribution in [2.24, 2.45) is 0 Å². The highest BCUT2D eigenvalue weighted by Gasteiger charge is 2.16. The van der Waals surface area contributed by atoms with Crippen LogP contribution >= 0.6 is 0 Å². The molecule has 1 heterocycles. The maximum Gasteiger partial charge on any atom is 0.307 e. The summed E-state index contributed by atoms with van der Waals surface area (Å²) < 4.78 is 5.94. The van der Waals surface area contributed by atoms with E-state index >= 15 is 0 Å². The van der Waals surface area contributed by atoms with Crippen LogP contribution in [0.15, 0.2) is 36.4 Å². The predicted molar refractivity (Wildman–Crippen MR) is 120 cm³/mol. The van der Waals surface area contributed by atoms with Crippen molar-refractivity contribution in [2.45, 2.75) is 45.6 Å². The number of aryl methyl sites for hydroxylation is 1. The normalized spacial score (nSPS) is 11.7. The molecular weight excluding hydrogens is 382 g/mol. The molecule has 3 aromatic rings. The molecule has 0 atom stereocenters. The number of anilines is 2. The average molecular weight is 412 g/mol. The number of nitrogens with one attached hydrogen (secondary N) is 2. The molecule has 6 nitrogen and oxygen atoms in total. The van der Waals surface area contributed by atoms with Gasteiger partial charge in [-0.05, 0) is 36.2 Å². The van der Waals surface area contributed by atoms with Gasteiger partial charge in [-0.25, -0.2) is 4.98 Å². The summed E-state index contributed by atoms with van der Waals surface area (Å²) in [6, 6.07) is 12.8. The summed E-state index contributed by atoms with van der Waals surface area (Å²) in [5, 5.41) is 12.6. The van der Waals surface area contributed by atoms with E-state index in [1.54, 1.807) is 0 Å². The predicted octanol–water partition coefficient (Wildman–Crippen LogP) is 5.10. The van der Waals surface area contributed by atoms with E-state index in [1.165, 1.54) is 0 Å². The van der Waals surface area contributed by atoms with Crippen LogP contribution in [0.1, 0.15) is 16.7 Å². The van der Waals surface area contributed by atoms with Crippen LogP contribution in [0.3, 0.4) is 0 Å². The van der Waals surface area contributed by atoms with E-state index in [0.717, 1.165) is 39.5 Å². The molecule has 7 heteroatoms. The van der Waals surface area contributed by atoms with Crippen molar-refractivity contribution in [3.8, 4) is 0 Å². The molecule has 154 valence electrons. The summed E-state index contributed by atoms with van der Waals surface area (Å²) >= 11 is 0. The second kappa shape index (κ2) is 8.80. The van der Waals surface area contributed by atoms with Gasteiger partial charge in [0.2, 0.25) is 5.95 Å². The molecule has 0 bridgehead atoms. The molecule has 0 saturated carbocycles. The fourth-order valence-electron chi connectivity index (χ4n) is 3.12. The lowest BCUT2D eigenvalue weighted by Crippen LogP contribution is -2.21. The summed E-state index contributed by atoms with van der Waals surface area (Å²) in [5.41, 5.74) is 5.30. The van der Waals surface area contributed by atoms with Crippen molar-refractivity contribution in [2.75, 3.05) is 11.9 Å². The van der Waals surface area contributed by atoms with Crippen LogP contribution in [-0.4, -0.2) is 35.7 Å². The van der Waals surface area contributed by atoms with Crippen LogP contribution in [0, 0.1) is 6.92 Å². The molecule has 29 heavy (non-hydrogen) atoms. The minimum atomic E-state index is -1.18. The summed E-state index contributed by atoms with van der Waals surface area (Å²) in [7, 11) is -1.18. The van der Waals surface area contributed by atoms with E-state index in [1.807, 2.05) is 43.3 Å². The number of carboxylic acid groups (broad SMARTS) is 1. The molecule has 3 rings (SSSR count). The number of rotatable bonds is 9. The van der Waals surface area contributed by atoms with Crippen LogP contribution in [0.5, 0.6) is 0 Å². The van der Waals surface area contributed by atoms with Crippen LogP contribution < -0.4 is 5.32 Å². The molecule has 3 N–H and O–H groups in total. The number of hydrogen-bond donors (Lipinski definition) is 3. The maximum absolute atomic E-state index is 11.3. The highest BCUT2D eigenvalue weighted by Crippen LogP contribution is 2.26. The minimum absolute atomic E-state index is 0.0456. The average Bonchev–Trinajstić information content (AvgIpc) is 3.03. The van der Waals surface area contributed by atoms with Gasteiger partial charge in [-0.1, -0.05) is 43.9 Å². The van der Waals surface area contributed by atoms with Gasteiger partial charge in [0.15, 0.2) is 0 Å². The van der Waals surface area contributed by atoms with Crippen molar-refractivity contribution < 1.29 is 14.6 Å². The SMILES string of the molecule is Cc1ccccc1Nc1nc2c(COCC[Si](C)(C)C)c(CC(=O)O)ccc2[nH]1. The Bertz CT molecular complexity index is 1010. The van der Waals surface area contributed by atoms with E-state index < -0.39 is 14.0 Å². The number of aliphatic carboxylic acids is 1. The van der Waals surface area contributed by atoms with Gasteiger partial charge >= 0.3 is 5.97 Å². The van der Waals surface area contributed by atoms with Crippen molar-refractivity contribution in [1.82, 2.24) is 9.97 Å². The molecule has 0 aliphatic carbocycles. The van der Waals surface area contributed by atoms with Crippen LogP contribution in [-0.2, 0) is 22.6 Å². The smallest absolute Gasteiger partial charge is 0.307 e. The van der Waals surface area contributed by atoms with Gasteiger partial charge in [0.1, 0.15) is 0 Å². The monoisotopic (exact) mass is 411 g/mol. The third-order valence-corrected chi connectivity index (χ3v) is 6.54. The van der Waals surface area contributed by atoms with Crippen LogP contribution in [0.25, 0.3) is 11.0 Å². The molecule has 0 aliphatic heterocycles. The Morgan fingerprint density at radius 1 is 1.21 bits per heavy atom. The molecule has 0 aliphatic rings. The number of aromatic amines is 1. The molecule has 1 aromatic heterocycles. The zero-order valence-electron chi connectivity index (χ0n) is 17.5. The number of benzene rings is 2. The summed E-state index contributed by atoms with van der Waals surface area (Å²) in [6.45, 7) is 10.0. The van der Waals surface area contributed by atoms with Crippen molar-refractivity contribution >= 4 is 36.7 Å². The largest absolute Gasteiger partial charge is 0.481 e. The van der Waals surface area contributed by atoms with Gasteiger partial charge in [0, 0.05) is 25.9 Å². The second-order valence-corrected chi connectivity index (χ2v) is 14.2. The summed E-state index contributed by atoms with van der Waals surface area (Å²) in [6.07, 6.45) is -0.0456. The summed E-state index contributed by atoms with van der Waals surface area (Å²) in [4.78, 5) is 19.3. The molecule has 0 spiro atoms. The summed E-state index contributed by atoms with van der Waals surface area (Å²) in [5.74, 6) is -0.230. The first-order valence-corrected chi connectivity index (χ1v) is 13.6. The number of carbonyl (C=O) groups is 1. The highest BCUT2D eigenvalue weighted by atomic mass is 28.3. The van der Waals surface area contributed by atoms with Crippen molar-refractivity contribution in [3.05, 3.63) is 53.1 Å². The quantitative estimate of drug-likeness (QED) is 0.337. The number of fused-ring (bicyclic) bond motifs is 1. The van der Waals surface area contributed by atoms with Gasteiger partial charge in [-0.2, -0.15) is 0 Å². The van der Waals surface area contributed by atoms with Gasteiger partial charge in [-0.15, -0.1) is 0 Å². The first-order chi connectivity index (χ1) is 13.7. The first kappa shape index (κ1) is 21.1. The zero-order valence-corrected chi connectivity index (χ0v) is 18.5. The number of hydrogen-bond acceptors (Lipinski definition) is 4. The Morgan fingerprint density at radius 3 is 2.66 bits per heavy atom. The standard InChI is InChI=1S/C22H29N3O3Si/c1-15-7-5-6-8-18(15)23-22-24-19-10-9-16(13-20(26)27)17(21(19)25-22)14-28-11-12-29(2,3)4/h5-10H,11-14H2,1-4H3,(H,26,27)(H2,23,24,25). The van der Waals surface area contributed by atoms with E-state index in [-0.39, 0.29) is 6.42 Å². The fourth-order valence-corrected chi connectivity index (χ4v) is 3.87. The van der Waals surface area contributed by atoms with E-state index in [0.29, 0.717) is 19.2 Å². The Morgan fingerprint density at radius 2 is 1.97 bits per heavy atom. The lowest BCUT2D eigenvalue weighted by molar-refractivity contribution is -0.136. The number of imidazole rings is 1. The molecule has 0 fully saturated rings. The molecule has 0 radical (unpaired) electrons. The van der Waals surface area contributed by atoms with Gasteiger partial charge in [-0.3, -0.25) is 4.79 Å². The number of carboxylic acids is 1. The molecular formula is C22H29N3O3Si. The Balaban J connectivity index is 1.88. The minimum Gasteiger partial charge on any atom is -0.481 e. The fraction of sp³-hybridized carbons (Fsp3) is 0.364. The number of para-hydroxylation sites is 1. The van der Waals surface area contributed by atoms with E-state index in [2.05, 4.69) is 29.9 Å². The molecule has 0 unspecified atom stereocenters. The topological polar surface area (TPSA) is 87.2 Å². The number of aromatic nitrogens is 2. The van der Waals surface area contributed by atoms with Crippen molar-refractivity contribution in [1.29, 1.82) is 0 Å². The van der Waals surface area contributed by atoms with E-state index in [4.69, 9.17) is 9.72 Å². The molecule has 0 saturated heterocycles. The maximum atomic E-state index is 11.3. The number of nitrogens with zero attached hydrogens (tertiary/aromatic N) is 1. The zero-order chi connectivity index (χ0) is 21.0. The molecule has 0 amide bonds. The Labute approximate surface area is 172 Å². The Hall–Kier alpha value is -2.64. The first-order valence-electron chi connectivity index (χ1n) is 9.85. The van der Waals surface area contributed by atoms with Crippen molar-refractivity contribution in [3.63, 3.8) is 0 Å². The highest BCUT2D eigenvalue weighted by molar-refractivity contribution is 6.76. The van der Waals surface area contributed by atoms with Crippen LogP contribution in [0.4, 0.5) is 11.6 Å². The Kier molecular flexibility index (Phi) is 6.39. The van der Waals surface area contributed by atoms with Gasteiger partial charge < -0.3 is 20.1 Å². The lowest BCUT2D eigenvalue weighted by Gasteiger charge is -2.16. The number of H-pyrrole nitrogens is 1. The van der Waals surface area contributed by atoms with E-state index in [9.17, 15) is 9.90 Å². The lowest BCUT2D eigenvalue weighted by atomic mass is 10.0. The van der Waals surface area contributed by atoms with Crippen LogP contribution in [0.2, 0.25) is 25.7 Å². The third kappa shape index (κ3) is 5.68.